The number of hydrogen-bond donors (Lipinski definition) is 1. The summed E-state index contributed by atoms with van der Waals surface area (Å²) in [6.07, 6.45) is 1.56. The van der Waals surface area contributed by atoms with Gasteiger partial charge in [0.2, 0.25) is 5.91 Å². The number of hydrogen-bond acceptors (Lipinski definition) is 2. The van der Waals surface area contributed by atoms with Crippen LogP contribution in [-0.2, 0) is 11.2 Å². The molecule has 3 atom stereocenters. The Labute approximate surface area is 132 Å². The highest BCUT2D eigenvalue weighted by Gasteiger charge is 2.33. The average Bonchev–Trinajstić information content (AvgIpc) is 2.79. The van der Waals surface area contributed by atoms with E-state index in [4.69, 9.17) is 5.73 Å². The predicted octanol–water partition coefficient (Wildman–Crippen LogP) is 2.62. The second-order valence-corrected chi connectivity index (χ2v) is 5.91. The van der Waals surface area contributed by atoms with Crippen molar-refractivity contribution in [2.45, 2.75) is 32.7 Å². The van der Waals surface area contributed by atoms with Crippen LogP contribution in [0.2, 0.25) is 0 Å². The van der Waals surface area contributed by atoms with Gasteiger partial charge in [0.25, 0.3) is 0 Å². The molecule has 1 aromatic carbocycles. The third-order valence-electron chi connectivity index (χ3n) is 4.13. The number of rotatable bonds is 4. The maximum atomic E-state index is 13.2. The standard InChI is InChI=1S/C16H23FN2O.ClH/c1-11(6-13-4-3-5-15(17)8-13)16(20)19-10-14(9-18)7-12(19)2;/h3-5,8,11-12,14H,6-7,9-10,18H2,1-2H3;1H. The normalized spacial score (nSPS) is 22.8. The van der Waals surface area contributed by atoms with Gasteiger partial charge in [0.05, 0.1) is 0 Å². The fourth-order valence-electron chi connectivity index (χ4n) is 3.01. The van der Waals surface area contributed by atoms with Crippen LogP contribution in [-0.4, -0.2) is 29.9 Å². The highest BCUT2D eigenvalue weighted by molar-refractivity contribution is 5.85. The summed E-state index contributed by atoms with van der Waals surface area (Å²) >= 11 is 0. The maximum Gasteiger partial charge on any atom is 0.225 e. The fourth-order valence-corrected chi connectivity index (χ4v) is 3.01. The molecule has 1 fully saturated rings. The van der Waals surface area contributed by atoms with Gasteiger partial charge in [-0.25, -0.2) is 4.39 Å². The molecule has 2 N–H and O–H groups in total. The van der Waals surface area contributed by atoms with E-state index in [1.165, 1.54) is 12.1 Å². The van der Waals surface area contributed by atoms with Gasteiger partial charge in [-0.15, -0.1) is 12.4 Å². The number of likely N-dealkylation sites (tertiary alicyclic amines) is 1. The molecular formula is C16H24ClFN2O. The lowest BCUT2D eigenvalue weighted by atomic mass is 9.99. The summed E-state index contributed by atoms with van der Waals surface area (Å²) in [5.41, 5.74) is 6.56. The van der Waals surface area contributed by atoms with Gasteiger partial charge < -0.3 is 10.6 Å². The lowest BCUT2D eigenvalue weighted by Crippen LogP contribution is -2.38. The molecule has 1 amide bonds. The quantitative estimate of drug-likeness (QED) is 0.928. The van der Waals surface area contributed by atoms with Crippen LogP contribution in [0, 0.1) is 17.7 Å². The van der Waals surface area contributed by atoms with Crippen LogP contribution in [0.4, 0.5) is 4.39 Å². The van der Waals surface area contributed by atoms with Gasteiger partial charge in [0.1, 0.15) is 5.82 Å². The number of nitrogens with two attached hydrogens (primary N) is 1. The van der Waals surface area contributed by atoms with Crippen LogP contribution >= 0.6 is 12.4 Å². The van der Waals surface area contributed by atoms with E-state index in [0.29, 0.717) is 18.9 Å². The van der Waals surface area contributed by atoms with Crippen LogP contribution in [0.1, 0.15) is 25.8 Å². The van der Waals surface area contributed by atoms with Crippen molar-refractivity contribution in [1.82, 2.24) is 4.90 Å². The third kappa shape index (κ3) is 4.42. The molecule has 1 aliphatic heterocycles. The van der Waals surface area contributed by atoms with Crippen molar-refractivity contribution in [1.29, 1.82) is 0 Å². The molecule has 3 nitrogen and oxygen atoms in total. The molecule has 0 saturated carbocycles. The van der Waals surface area contributed by atoms with E-state index < -0.39 is 0 Å². The molecular weight excluding hydrogens is 291 g/mol. The second kappa shape index (κ2) is 7.76. The molecule has 0 aromatic heterocycles. The van der Waals surface area contributed by atoms with Crippen LogP contribution in [0.3, 0.4) is 0 Å². The predicted molar refractivity (Wildman–Crippen MR) is 84.9 cm³/mol. The lowest BCUT2D eigenvalue weighted by Gasteiger charge is -2.25. The van der Waals surface area contributed by atoms with E-state index in [0.717, 1.165) is 18.5 Å². The summed E-state index contributed by atoms with van der Waals surface area (Å²) in [6.45, 7) is 5.37. The van der Waals surface area contributed by atoms with Crippen molar-refractivity contribution in [3.8, 4) is 0 Å². The summed E-state index contributed by atoms with van der Waals surface area (Å²) in [7, 11) is 0. The van der Waals surface area contributed by atoms with Crippen molar-refractivity contribution in [3.05, 3.63) is 35.6 Å². The Morgan fingerprint density at radius 1 is 1.52 bits per heavy atom. The topological polar surface area (TPSA) is 46.3 Å². The first-order valence-electron chi connectivity index (χ1n) is 7.26. The molecule has 1 saturated heterocycles. The number of carbonyl (C=O) groups excluding carboxylic acids is 1. The Balaban J connectivity index is 0.00000220. The molecule has 0 bridgehead atoms. The summed E-state index contributed by atoms with van der Waals surface area (Å²) in [4.78, 5) is 14.4. The minimum absolute atomic E-state index is 0. The molecule has 0 aliphatic carbocycles. The van der Waals surface area contributed by atoms with Crippen molar-refractivity contribution in [2.75, 3.05) is 13.1 Å². The Bertz CT molecular complexity index is 483. The smallest absolute Gasteiger partial charge is 0.225 e. The van der Waals surface area contributed by atoms with Crippen molar-refractivity contribution in [2.24, 2.45) is 17.6 Å². The average molecular weight is 315 g/mol. The van der Waals surface area contributed by atoms with E-state index >= 15 is 0 Å². The Kier molecular flexibility index (Phi) is 6.62. The van der Waals surface area contributed by atoms with Gasteiger partial charge in [-0.2, -0.15) is 0 Å². The summed E-state index contributed by atoms with van der Waals surface area (Å²) < 4.78 is 13.2. The molecule has 3 unspecified atom stereocenters. The molecule has 2 rings (SSSR count). The van der Waals surface area contributed by atoms with Crippen LogP contribution in [0.5, 0.6) is 0 Å². The van der Waals surface area contributed by atoms with Crippen molar-refractivity contribution >= 4 is 18.3 Å². The first-order valence-corrected chi connectivity index (χ1v) is 7.26. The monoisotopic (exact) mass is 314 g/mol. The first kappa shape index (κ1) is 17.9. The molecule has 21 heavy (non-hydrogen) atoms. The van der Waals surface area contributed by atoms with E-state index in [9.17, 15) is 9.18 Å². The van der Waals surface area contributed by atoms with Crippen LogP contribution in [0.15, 0.2) is 24.3 Å². The van der Waals surface area contributed by atoms with Crippen molar-refractivity contribution < 1.29 is 9.18 Å². The third-order valence-corrected chi connectivity index (χ3v) is 4.13. The molecule has 0 spiro atoms. The number of benzene rings is 1. The summed E-state index contributed by atoms with van der Waals surface area (Å²) in [5, 5.41) is 0. The van der Waals surface area contributed by atoms with Gasteiger partial charge >= 0.3 is 0 Å². The molecule has 5 heteroatoms. The van der Waals surface area contributed by atoms with E-state index in [1.54, 1.807) is 6.07 Å². The molecule has 118 valence electrons. The zero-order chi connectivity index (χ0) is 14.7. The summed E-state index contributed by atoms with van der Waals surface area (Å²) in [6, 6.07) is 6.73. The largest absolute Gasteiger partial charge is 0.339 e. The molecule has 1 heterocycles. The Morgan fingerprint density at radius 3 is 2.81 bits per heavy atom. The van der Waals surface area contributed by atoms with Gasteiger partial charge in [-0.3, -0.25) is 4.79 Å². The minimum Gasteiger partial charge on any atom is -0.339 e. The van der Waals surface area contributed by atoms with Gasteiger partial charge in [0.15, 0.2) is 0 Å². The molecule has 1 aromatic rings. The Morgan fingerprint density at radius 2 is 2.24 bits per heavy atom. The number of nitrogens with zero attached hydrogens (tertiary/aromatic N) is 1. The zero-order valence-electron chi connectivity index (χ0n) is 12.6. The van der Waals surface area contributed by atoms with Crippen molar-refractivity contribution in [3.63, 3.8) is 0 Å². The van der Waals surface area contributed by atoms with Crippen LogP contribution in [0.25, 0.3) is 0 Å². The second-order valence-electron chi connectivity index (χ2n) is 5.91. The maximum absolute atomic E-state index is 13.2. The van der Waals surface area contributed by atoms with Crippen LogP contribution < -0.4 is 5.73 Å². The number of carbonyl (C=O) groups is 1. The zero-order valence-corrected chi connectivity index (χ0v) is 13.4. The van der Waals surface area contributed by atoms with E-state index in [1.807, 2.05) is 17.9 Å². The van der Waals surface area contributed by atoms with Gasteiger partial charge in [-0.1, -0.05) is 19.1 Å². The SMILES string of the molecule is CC(Cc1cccc(F)c1)C(=O)N1CC(CN)CC1C.Cl. The molecule has 1 aliphatic rings. The van der Waals surface area contributed by atoms with E-state index in [-0.39, 0.29) is 36.1 Å². The number of amides is 1. The fraction of sp³-hybridized carbons (Fsp3) is 0.562. The lowest BCUT2D eigenvalue weighted by molar-refractivity contribution is -0.135. The van der Waals surface area contributed by atoms with Gasteiger partial charge in [0, 0.05) is 18.5 Å². The first-order chi connectivity index (χ1) is 9.51. The minimum atomic E-state index is -0.250. The highest BCUT2D eigenvalue weighted by Crippen LogP contribution is 2.25. The van der Waals surface area contributed by atoms with Gasteiger partial charge in [-0.05, 0) is 49.9 Å². The van der Waals surface area contributed by atoms with E-state index in [2.05, 4.69) is 6.92 Å². The molecule has 0 radical (unpaired) electrons. The number of halogens is 2. The highest BCUT2D eigenvalue weighted by atomic mass is 35.5. The Hall–Kier alpha value is -1.13. The summed E-state index contributed by atoms with van der Waals surface area (Å²) in [5.74, 6) is 0.184.